The van der Waals surface area contributed by atoms with Gasteiger partial charge in [0.15, 0.2) is 0 Å². The fourth-order valence-electron chi connectivity index (χ4n) is 2.17. The van der Waals surface area contributed by atoms with Gasteiger partial charge < -0.3 is 14.2 Å². The number of hydrogen-bond acceptors (Lipinski definition) is 8. The molecule has 0 spiro atoms. The van der Waals surface area contributed by atoms with Gasteiger partial charge in [0.05, 0.1) is 32.6 Å². The molecule has 0 atom stereocenters. The number of rotatable bonds is 8. The number of carbonyl (C=O) groups is 1. The zero-order valence-electron chi connectivity index (χ0n) is 15.1. The van der Waals surface area contributed by atoms with Crippen LogP contribution < -0.4 is 19.5 Å². The maximum atomic E-state index is 12.3. The summed E-state index contributed by atoms with van der Waals surface area (Å²) in [5, 5.41) is 2.24. The van der Waals surface area contributed by atoms with E-state index in [-0.39, 0.29) is 30.1 Å². The standard InChI is InChI=1S/C16H20N4O6S/c1-24-9-11-6-4-5-7-12(11)10-27(22,23)20-16(21)19-15-17-13(25-2)8-14(18-15)26-3/h4-8H,9-10H2,1-3H3,(H2,17,18,19,20,21). The fourth-order valence-corrected chi connectivity index (χ4v) is 3.27. The van der Waals surface area contributed by atoms with E-state index in [2.05, 4.69) is 15.3 Å². The molecule has 2 N–H and O–H groups in total. The molecule has 2 rings (SSSR count). The predicted octanol–water partition coefficient (Wildman–Crippen LogP) is 1.29. The number of anilines is 1. The molecule has 10 nitrogen and oxygen atoms in total. The number of hydrogen-bond donors (Lipinski definition) is 2. The van der Waals surface area contributed by atoms with Gasteiger partial charge in [-0.15, -0.1) is 0 Å². The van der Waals surface area contributed by atoms with Gasteiger partial charge in [-0.1, -0.05) is 24.3 Å². The van der Waals surface area contributed by atoms with Crippen LogP contribution in [0, 0.1) is 0 Å². The van der Waals surface area contributed by atoms with Crippen LogP contribution >= 0.6 is 0 Å². The van der Waals surface area contributed by atoms with Gasteiger partial charge in [0.2, 0.25) is 27.7 Å². The molecule has 0 saturated carbocycles. The average Bonchev–Trinajstić information content (AvgIpc) is 2.62. The third-order valence-corrected chi connectivity index (χ3v) is 4.52. The molecule has 2 aromatic rings. The van der Waals surface area contributed by atoms with Crippen LogP contribution in [0.25, 0.3) is 0 Å². The normalized spacial score (nSPS) is 10.9. The Balaban J connectivity index is 2.09. The minimum absolute atomic E-state index is 0.147. The van der Waals surface area contributed by atoms with E-state index in [0.717, 1.165) is 0 Å². The zero-order chi connectivity index (χ0) is 19.9. The summed E-state index contributed by atoms with van der Waals surface area (Å²) in [6.07, 6.45) is 0. The van der Waals surface area contributed by atoms with Crippen molar-refractivity contribution in [3.63, 3.8) is 0 Å². The van der Waals surface area contributed by atoms with E-state index in [9.17, 15) is 13.2 Å². The molecule has 27 heavy (non-hydrogen) atoms. The molecule has 0 aliphatic carbocycles. The first kappa shape index (κ1) is 20.4. The number of methoxy groups -OCH3 is 3. The van der Waals surface area contributed by atoms with E-state index in [4.69, 9.17) is 14.2 Å². The summed E-state index contributed by atoms with van der Waals surface area (Å²) in [4.78, 5) is 19.8. The Morgan fingerprint density at radius 3 is 2.19 bits per heavy atom. The van der Waals surface area contributed by atoms with Crippen molar-refractivity contribution >= 4 is 22.0 Å². The Morgan fingerprint density at radius 2 is 1.63 bits per heavy atom. The first-order valence-electron chi connectivity index (χ1n) is 7.71. The van der Waals surface area contributed by atoms with Crippen molar-refractivity contribution in [2.24, 2.45) is 0 Å². The van der Waals surface area contributed by atoms with Crippen molar-refractivity contribution in [2.45, 2.75) is 12.4 Å². The molecule has 2 amide bonds. The number of nitrogens with zero attached hydrogens (tertiary/aromatic N) is 2. The molecule has 0 saturated heterocycles. The van der Waals surface area contributed by atoms with Gasteiger partial charge >= 0.3 is 6.03 Å². The van der Waals surface area contributed by atoms with Gasteiger partial charge in [-0.3, -0.25) is 5.32 Å². The van der Waals surface area contributed by atoms with E-state index in [1.54, 1.807) is 24.3 Å². The van der Waals surface area contributed by atoms with Crippen LogP contribution in [0.3, 0.4) is 0 Å². The number of benzene rings is 1. The van der Waals surface area contributed by atoms with Crippen molar-refractivity contribution in [2.75, 3.05) is 26.6 Å². The molecular weight excluding hydrogens is 376 g/mol. The quantitative estimate of drug-likeness (QED) is 0.683. The summed E-state index contributed by atoms with van der Waals surface area (Å²) in [6.45, 7) is 0.259. The molecule has 0 radical (unpaired) electrons. The van der Waals surface area contributed by atoms with Crippen molar-refractivity contribution in [1.82, 2.24) is 14.7 Å². The van der Waals surface area contributed by atoms with Crippen molar-refractivity contribution < 1.29 is 27.4 Å². The molecule has 1 aromatic heterocycles. The highest BCUT2D eigenvalue weighted by Gasteiger charge is 2.18. The maximum absolute atomic E-state index is 12.3. The molecular formula is C16H20N4O6S. The summed E-state index contributed by atoms with van der Waals surface area (Å²) in [5.41, 5.74) is 1.24. The Hall–Kier alpha value is -2.92. The molecule has 0 fully saturated rings. The fraction of sp³-hybridized carbons (Fsp3) is 0.312. The third-order valence-electron chi connectivity index (χ3n) is 3.33. The van der Waals surface area contributed by atoms with Crippen molar-refractivity contribution in [3.8, 4) is 11.8 Å². The third kappa shape index (κ3) is 6.08. The average molecular weight is 396 g/mol. The van der Waals surface area contributed by atoms with Gasteiger partial charge in [0.25, 0.3) is 0 Å². The second-order valence-electron chi connectivity index (χ2n) is 5.29. The minimum Gasteiger partial charge on any atom is -0.481 e. The zero-order valence-corrected chi connectivity index (χ0v) is 15.9. The lowest BCUT2D eigenvalue weighted by Gasteiger charge is -2.11. The summed E-state index contributed by atoms with van der Waals surface area (Å²) < 4.78 is 41.5. The van der Waals surface area contributed by atoms with Crippen LogP contribution in [0.2, 0.25) is 0 Å². The summed E-state index contributed by atoms with van der Waals surface area (Å²) in [5.74, 6) is -0.261. The number of amides is 2. The summed E-state index contributed by atoms with van der Waals surface area (Å²) in [6, 6.07) is 7.30. The molecule has 0 aliphatic rings. The van der Waals surface area contributed by atoms with Crippen LogP contribution in [-0.4, -0.2) is 45.7 Å². The maximum Gasteiger partial charge on any atom is 0.335 e. The lowest BCUT2D eigenvalue weighted by atomic mass is 10.1. The van der Waals surface area contributed by atoms with Gasteiger partial charge in [-0.05, 0) is 11.1 Å². The predicted molar refractivity (Wildman–Crippen MR) is 97.1 cm³/mol. The number of ether oxygens (including phenoxy) is 3. The van der Waals surface area contributed by atoms with E-state index in [0.29, 0.717) is 11.1 Å². The first-order chi connectivity index (χ1) is 12.9. The number of urea groups is 1. The SMILES string of the molecule is COCc1ccccc1CS(=O)(=O)NC(=O)Nc1nc(OC)cc(OC)n1. The number of aromatic nitrogens is 2. The molecule has 1 aromatic carbocycles. The molecule has 1 heterocycles. The van der Waals surface area contributed by atoms with Crippen LogP contribution in [0.1, 0.15) is 11.1 Å². The van der Waals surface area contributed by atoms with Gasteiger partial charge in [-0.25, -0.2) is 17.9 Å². The highest BCUT2D eigenvalue weighted by molar-refractivity contribution is 7.89. The van der Waals surface area contributed by atoms with Gasteiger partial charge in [0.1, 0.15) is 0 Å². The Morgan fingerprint density at radius 1 is 1.04 bits per heavy atom. The Bertz CT molecular complexity index is 881. The second-order valence-corrected chi connectivity index (χ2v) is 7.02. The summed E-state index contributed by atoms with van der Waals surface area (Å²) >= 11 is 0. The topological polar surface area (TPSA) is 129 Å². The van der Waals surface area contributed by atoms with Crippen molar-refractivity contribution in [1.29, 1.82) is 0 Å². The Labute approximate surface area is 156 Å². The van der Waals surface area contributed by atoms with Gasteiger partial charge in [0, 0.05) is 7.11 Å². The largest absolute Gasteiger partial charge is 0.481 e. The second kappa shape index (κ2) is 9.14. The number of nitrogens with one attached hydrogen (secondary N) is 2. The Kier molecular flexibility index (Phi) is 6.91. The molecule has 0 bridgehead atoms. The first-order valence-corrected chi connectivity index (χ1v) is 9.36. The monoisotopic (exact) mass is 396 g/mol. The van der Waals surface area contributed by atoms with Crippen LogP contribution in [-0.2, 0) is 27.1 Å². The number of sulfonamides is 1. The van der Waals surface area contributed by atoms with E-state index >= 15 is 0 Å². The van der Waals surface area contributed by atoms with Crippen LogP contribution in [0.4, 0.5) is 10.7 Å². The van der Waals surface area contributed by atoms with Crippen molar-refractivity contribution in [3.05, 3.63) is 41.5 Å². The summed E-state index contributed by atoms with van der Waals surface area (Å²) in [7, 11) is 0.316. The number of carbonyl (C=O) groups excluding carboxylic acids is 1. The lowest BCUT2D eigenvalue weighted by Crippen LogP contribution is -2.35. The molecule has 0 aliphatic heterocycles. The highest BCUT2D eigenvalue weighted by Crippen LogP contribution is 2.17. The van der Waals surface area contributed by atoms with Gasteiger partial charge in [-0.2, -0.15) is 9.97 Å². The van der Waals surface area contributed by atoms with Crippen LogP contribution in [0.5, 0.6) is 11.8 Å². The van der Waals surface area contributed by atoms with E-state index < -0.39 is 16.1 Å². The highest BCUT2D eigenvalue weighted by atomic mass is 32.2. The van der Waals surface area contributed by atoms with E-state index in [1.165, 1.54) is 27.4 Å². The van der Waals surface area contributed by atoms with Crippen LogP contribution in [0.15, 0.2) is 30.3 Å². The molecule has 0 unspecified atom stereocenters. The molecule has 11 heteroatoms. The molecule has 146 valence electrons. The smallest absolute Gasteiger partial charge is 0.335 e. The van der Waals surface area contributed by atoms with E-state index in [1.807, 2.05) is 4.72 Å². The lowest BCUT2D eigenvalue weighted by molar-refractivity contribution is 0.184. The minimum atomic E-state index is -3.96.